The first-order valence-corrected chi connectivity index (χ1v) is 32.0. The summed E-state index contributed by atoms with van der Waals surface area (Å²) in [7, 11) is -31.6. The van der Waals surface area contributed by atoms with Crippen LogP contribution < -0.4 is 31.4 Å². The minimum Gasteiger partial charge on any atom is -0.507 e. The molecule has 15 N–H and O–H groups in total. The summed E-state index contributed by atoms with van der Waals surface area (Å²) in [6.07, 6.45) is -4.77. The Bertz CT molecular complexity index is 3660. The van der Waals surface area contributed by atoms with Gasteiger partial charge in [0.1, 0.15) is 54.3 Å². The van der Waals surface area contributed by atoms with Crippen molar-refractivity contribution < 1.29 is 107 Å². The highest BCUT2D eigenvalue weighted by molar-refractivity contribution is 7.87. The molecule has 0 unspecified atom stereocenters. The van der Waals surface area contributed by atoms with E-state index >= 15 is 0 Å². The van der Waals surface area contributed by atoms with Crippen LogP contribution in [0.1, 0.15) is 66.8 Å². The molecule has 438 valence electrons. The van der Waals surface area contributed by atoms with Crippen LogP contribution in [0.3, 0.4) is 0 Å². The summed E-state index contributed by atoms with van der Waals surface area (Å²) in [6.45, 7) is -1.89. The molecule has 81 heavy (non-hydrogen) atoms. The molecule has 0 spiro atoms. The molecule has 0 aromatic heterocycles. The van der Waals surface area contributed by atoms with E-state index in [-0.39, 0.29) is 90.1 Å². The second-order valence-corrected chi connectivity index (χ2v) is 26.8. The molecule has 0 saturated heterocycles. The van der Waals surface area contributed by atoms with Crippen molar-refractivity contribution in [2.24, 2.45) is 17.2 Å². The second-order valence-electron chi connectivity index (χ2n) is 18.3. The molecule has 0 atom stereocenters. The number of aromatic hydroxyl groups is 3. The quantitative estimate of drug-likeness (QED) is 0.0654. The summed E-state index contributed by atoms with van der Waals surface area (Å²) in [6, 6.07) is 9.47. The molecule has 0 aliphatic heterocycles. The molecule has 6 aromatic rings. The van der Waals surface area contributed by atoms with Gasteiger partial charge in [0.2, 0.25) is 0 Å². The molecule has 0 fully saturated rings. The van der Waals surface area contributed by atoms with E-state index in [2.05, 4.69) is 0 Å². The number of ether oxygens (including phenoxy) is 3. The van der Waals surface area contributed by atoms with Crippen molar-refractivity contribution in [3.8, 4) is 34.5 Å². The van der Waals surface area contributed by atoms with E-state index < -0.39 is 179 Å². The molecule has 12 bridgehead atoms. The molecular formula is C48H51N3O24S6. The van der Waals surface area contributed by atoms with Crippen LogP contribution in [0.25, 0.3) is 0 Å². The minimum atomic E-state index is -5.27. The van der Waals surface area contributed by atoms with Gasteiger partial charge < -0.3 is 46.7 Å². The number of fused-ring (bicyclic) bond motifs is 12. The minimum absolute atomic E-state index is 0.245. The van der Waals surface area contributed by atoms with E-state index in [1.165, 1.54) is 0 Å². The highest BCUT2D eigenvalue weighted by Gasteiger charge is 2.30. The van der Waals surface area contributed by atoms with Gasteiger partial charge in [-0.2, -0.15) is 50.5 Å². The molecule has 0 amide bonds. The largest absolute Gasteiger partial charge is 0.507 e. The number of hydrogen-bond acceptors (Lipinski definition) is 21. The summed E-state index contributed by atoms with van der Waals surface area (Å²) in [5.41, 5.74) is 12.8. The Hall–Kier alpha value is -6.54. The number of nitrogens with two attached hydrogens (primary N) is 3. The molecule has 1 aliphatic carbocycles. The van der Waals surface area contributed by atoms with Gasteiger partial charge in [-0.25, -0.2) is 0 Å². The van der Waals surface area contributed by atoms with Crippen LogP contribution in [-0.4, -0.2) is 133 Å². The molecule has 0 heterocycles. The number of benzene rings is 6. The summed E-state index contributed by atoms with van der Waals surface area (Å²) >= 11 is 0. The third kappa shape index (κ3) is 14.4. The van der Waals surface area contributed by atoms with Gasteiger partial charge in [-0.15, -0.1) is 0 Å². The standard InChI is InChI=1S/C48H51N3O24S6/c49-1-4-73-46-31-7-25-13-37(76(55,56)57)15-27(43(25)52)9-33-21-41(80(67,68)69)23-35(47(33)74-5-2-50)11-29-17-39(78(61,62)63)18-30(45(29)54)12-36-24-42(81(70,71)72)22-34(48(36)75-6-3-51)10-28-16-38(77(58,59)60)14-26(44(28)53)8-32(46)20-40(19-31)79(64,65)66/h13-24,52-54H,1-12,49-51H2,(H,55,56,57)(H,58,59,60)(H,61,62,63)(H,64,65,66)(H,67,68,69)(H,70,71,72). The number of phenols is 3. The predicted molar refractivity (Wildman–Crippen MR) is 283 cm³/mol. The van der Waals surface area contributed by atoms with Crippen molar-refractivity contribution in [1.29, 1.82) is 0 Å². The lowest BCUT2D eigenvalue weighted by atomic mass is 9.91. The first-order chi connectivity index (χ1) is 37.5. The number of hydrogen-bond donors (Lipinski definition) is 12. The van der Waals surface area contributed by atoms with Crippen LogP contribution in [0.5, 0.6) is 34.5 Å². The molecule has 0 saturated carbocycles. The Morgan fingerprint density at radius 2 is 0.420 bits per heavy atom. The molecular weight excluding hydrogens is 1190 g/mol. The summed E-state index contributed by atoms with van der Waals surface area (Å²) in [5.74, 6) is -3.50. The predicted octanol–water partition coefficient (Wildman–Crippen LogP) is 2.15. The van der Waals surface area contributed by atoms with E-state index in [9.17, 15) is 93.1 Å². The van der Waals surface area contributed by atoms with Crippen LogP contribution in [0.2, 0.25) is 0 Å². The number of rotatable bonds is 15. The average molecular weight is 1250 g/mol. The Labute approximate surface area is 464 Å². The molecule has 33 heteroatoms. The zero-order chi connectivity index (χ0) is 59.9. The fourth-order valence-electron chi connectivity index (χ4n) is 9.11. The lowest BCUT2D eigenvalue weighted by molar-refractivity contribution is 0.321. The highest BCUT2D eigenvalue weighted by Crippen LogP contribution is 2.43. The van der Waals surface area contributed by atoms with E-state index in [4.69, 9.17) is 31.4 Å². The smallest absolute Gasteiger partial charge is 0.294 e. The van der Waals surface area contributed by atoms with Gasteiger partial charge in [0.05, 0.1) is 29.4 Å². The van der Waals surface area contributed by atoms with Crippen LogP contribution in [-0.2, 0) is 99.2 Å². The van der Waals surface area contributed by atoms with Gasteiger partial charge in [-0.3, -0.25) is 27.3 Å². The van der Waals surface area contributed by atoms with Gasteiger partial charge in [0, 0.05) is 125 Å². The summed E-state index contributed by atoms with van der Waals surface area (Å²) in [4.78, 5) is -5.50. The van der Waals surface area contributed by atoms with Gasteiger partial charge in [-0.1, -0.05) is 0 Å². The van der Waals surface area contributed by atoms with E-state index in [1.54, 1.807) is 0 Å². The van der Waals surface area contributed by atoms with Gasteiger partial charge in [0.25, 0.3) is 60.7 Å². The maximum Gasteiger partial charge on any atom is 0.294 e. The normalized spacial score (nSPS) is 13.7. The van der Waals surface area contributed by atoms with E-state index in [0.29, 0.717) is 0 Å². The van der Waals surface area contributed by atoms with E-state index in [0.717, 1.165) is 72.8 Å². The topological polar surface area (TPSA) is 493 Å². The lowest BCUT2D eigenvalue weighted by Crippen LogP contribution is -2.15. The Balaban J connectivity index is 1.68. The van der Waals surface area contributed by atoms with Gasteiger partial charge in [0.15, 0.2) is 0 Å². The Morgan fingerprint density at radius 3 is 0.543 bits per heavy atom. The maximum absolute atomic E-state index is 13.0. The third-order valence-corrected chi connectivity index (χ3v) is 17.5. The first-order valence-electron chi connectivity index (χ1n) is 23.4. The fraction of sp³-hybridized carbons (Fsp3) is 0.250. The van der Waals surface area contributed by atoms with E-state index in [1.807, 2.05) is 0 Å². The first kappa shape index (κ1) is 62.1. The average Bonchev–Trinajstić information content (AvgIpc) is 3.36. The van der Waals surface area contributed by atoms with Crippen molar-refractivity contribution in [1.82, 2.24) is 0 Å². The summed E-state index contributed by atoms with van der Waals surface area (Å²) < 4.78 is 237. The van der Waals surface area contributed by atoms with Gasteiger partial charge in [-0.05, 0) is 72.8 Å². The van der Waals surface area contributed by atoms with Crippen LogP contribution in [0, 0.1) is 0 Å². The van der Waals surface area contributed by atoms with Crippen molar-refractivity contribution in [3.63, 3.8) is 0 Å². The van der Waals surface area contributed by atoms with Crippen LogP contribution in [0.4, 0.5) is 0 Å². The molecule has 27 nitrogen and oxygen atoms in total. The highest BCUT2D eigenvalue weighted by atomic mass is 32.2. The Kier molecular flexibility index (Phi) is 17.9. The molecule has 7 rings (SSSR count). The van der Waals surface area contributed by atoms with Gasteiger partial charge >= 0.3 is 0 Å². The van der Waals surface area contributed by atoms with Crippen molar-refractivity contribution in [3.05, 3.63) is 140 Å². The van der Waals surface area contributed by atoms with Crippen molar-refractivity contribution in [2.75, 3.05) is 39.5 Å². The third-order valence-electron chi connectivity index (χ3n) is 12.5. The van der Waals surface area contributed by atoms with Crippen LogP contribution in [0.15, 0.2) is 102 Å². The molecule has 6 aromatic carbocycles. The molecule has 1 aliphatic rings. The Morgan fingerprint density at radius 1 is 0.284 bits per heavy atom. The zero-order valence-corrected chi connectivity index (χ0v) is 46.6. The summed E-state index contributed by atoms with van der Waals surface area (Å²) in [5, 5.41) is 36.3. The second kappa shape index (κ2) is 23.4. The maximum atomic E-state index is 13.0. The van der Waals surface area contributed by atoms with Crippen molar-refractivity contribution >= 4 is 60.7 Å². The van der Waals surface area contributed by atoms with Crippen LogP contribution >= 0.6 is 0 Å². The lowest BCUT2D eigenvalue weighted by Gasteiger charge is -2.22. The SMILES string of the molecule is NCCOc1c2cc(S(=O)(=O)O)cc1Cc1cc(S(=O)(=O)O)cc(c1O)Cc1cc(S(=O)(=O)O)cc(c1OCCN)Cc1cc(S(=O)(=O)O)cc(c1O)Cc1cc(S(=O)(=O)O)cc(c1OCCN)Cc1cc(S(=O)(=O)O)cc(c1O)C2. The monoisotopic (exact) mass is 1250 g/mol. The van der Waals surface area contributed by atoms with Crippen molar-refractivity contribution in [2.45, 2.75) is 67.9 Å². The molecule has 0 radical (unpaired) electrons. The number of phenolic OH excluding ortho intramolecular Hbond substituents is 3. The fourth-order valence-corrected chi connectivity index (χ4v) is 12.6. The zero-order valence-electron chi connectivity index (χ0n) is 41.7.